The molecule has 3 rings (SSSR count). The molecule has 1 N–H and O–H groups in total. The van der Waals surface area contributed by atoms with Gasteiger partial charge in [0.15, 0.2) is 0 Å². The highest BCUT2D eigenvalue weighted by atomic mass is 16.5. The van der Waals surface area contributed by atoms with Crippen LogP contribution in [0.4, 0.5) is 0 Å². The third-order valence-corrected chi connectivity index (χ3v) is 3.75. The van der Waals surface area contributed by atoms with Crippen molar-refractivity contribution in [2.45, 2.75) is 18.5 Å². The molecule has 86 valence electrons. The Morgan fingerprint density at radius 2 is 2.12 bits per heavy atom. The predicted molar refractivity (Wildman–Crippen MR) is 63.7 cm³/mol. The molecule has 0 spiro atoms. The average molecular weight is 218 g/mol. The first kappa shape index (κ1) is 10.1. The molecule has 0 radical (unpaired) electrons. The summed E-state index contributed by atoms with van der Waals surface area (Å²) in [5.74, 6) is 1.07. The zero-order chi connectivity index (χ0) is 11.0. The number of nitrogens with one attached hydrogen (secondary N) is 1. The van der Waals surface area contributed by atoms with E-state index >= 15 is 0 Å². The van der Waals surface area contributed by atoms with Crippen LogP contribution in [0.3, 0.4) is 0 Å². The third kappa shape index (κ3) is 1.60. The summed E-state index contributed by atoms with van der Waals surface area (Å²) < 4.78 is 5.69. The van der Waals surface area contributed by atoms with Crippen molar-refractivity contribution in [1.29, 1.82) is 0 Å². The van der Waals surface area contributed by atoms with Crippen LogP contribution in [-0.2, 0) is 0 Å². The first-order chi connectivity index (χ1) is 7.86. The van der Waals surface area contributed by atoms with E-state index in [1.165, 1.54) is 5.56 Å². The van der Waals surface area contributed by atoms with Crippen LogP contribution in [0.1, 0.15) is 18.0 Å². The molecule has 2 heterocycles. The summed E-state index contributed by atoms with van der Waals surface area (Å²) in [4.78, 5) is 2.50. The van der Waals surface area contributed by atoms with Gasteiger partial charge in [-0.05, 0) is 13.1 Å². The molecule has 1 aromatic carbocycles. The maximum absolute atomic E-state index is 5.69. The van der Waals surface area contributed by atoms with Gasteiger partial charge in [-0.3, -0.25) is 4.90 Å². The van der Waals surface area contributed by atoms with Crippen molar-refractivity contribution >= 4 is 0 Å². The van der Waals surface area contributed by atoms with Crippen LogP contribution in [0.5, 0.6) is 5.75 Å². The Balaban J connectivity index is 1.86. The van der Waals surface area contributed by atoms with Crippen molar-refractivity contribution in [1.82, 2.24) is 10.2 Å². The van der Waals surface area contributed by atoms with Crippen LogP contribution in [0, 0.1) is 0 Å². The van der Waals surface area contributed by atoms with E-state index in [9.17, 15) is 0 Å². The van der Waals surface area contributed by atoms with Crippen LogP contribution in [0.25, 0.3) is 0 Å². The van der Waals surface area contributed by atoms with Crippen molar-refractivity contribution in [3.05, 3.63) is 29.8 Å². The monoisotopic (exact) mass is 218 g/mol. The molecule has 3 heteroatoms. The van der Waals surface area contributed by atoms with Crippen molar-refractivity contribution in [2.24, 2.45) is 0 Å². The van der Waals surface area contributed by atoms with Gasteiger partial charge in [0, 0.05) is 37.2 Å². The number of rotatable bonds is 2. The van der Waals surface area contributed by atoms with Crippen LogP contribution >= 0.6 is 0 Å². The minimum absolute atomic E-state index is 0.525. The minimum Gasteiger partial charge on any atom is -0.493 e. The first-order valence-corrected chi connectivity index (χ1v) is 6.00. The van der Waals surface area contributed by atoms with E-state index < -0.39 is 0 Å². The summed E-state index contributed by atoms with van der Waals surface area (Å²) in [5, 5.41) is 3.33. The van der Waals surface area contributed by atoms with Crippen molar-refractivity contribution in [2.75, 3.05) is 26.7 Å². The van der Waals surface area contributed by atoms with Gasteiger partial charge in [0.2, 0.25) is 0 Å². The normalized spacial score (nSPS) is 24.8. The van der Waals surface area contributed by atoms with Crippen LogP contribution in [0.2, 0.25) is 0 Å². The number of fused-ring (bicyclic) bond motifs is 1. The van der Waals surface area contributed by atoms with Crippen LogP contribution in [-0.4, -0.2) is 37.7 Å². The molecule has 0 bridgehead atoms. The maximum Gasteiger partial charge on any atom is 0.124 e. The van der Waals surface area contributed by atoms with Crippen molar-refractivity contribution in [3.63, 3.8) is 0 Å². The Kier molecular flexibility index (Phi) is 2.58. The number of benzene rings is 1. The number of para-hydroxylation sites is 1. The molecule has 1 fully saturated rings. The maximum atomic E-state index is 5.69. The molecule has 1 aromatic rings. The fourth-order valence-corrected chi connectivity index (χ4v) is 2.56. The summed E-state index contributed by atoms with van der Waals surface area (Å²) in [6.45, 7) is 3.08. The quantitative estimate of drug-likeness (QED) is 0.812. The fourth-order valence-electron chi connectivity index (χ4n) is 2.56. The predicted octanol–water partition coefficient (Wildman–Crippen LogP) is 1.41. The highest BCUT2D eigenvalue weighted by molar-refractivity contribution is 5.37. The number of likely N-dealkylation sites (N-methyl/N-ethyl adjacent to an activating group) is 1. The molecule has 1 atom stereocenters. The second-order valence-electron chi connectivity index (χ2n) is 4.67. The van der Waals surface area contributed by atoms with Gasteiger partial charge in [-0.15, -0.1) is 0 Å². The van der Waals surface area contributed by atoms with Crippen LogP contribution in [0.15, 0.2) is 24.3 Å². The number of hydrogen-bond acceptors (Lipinski definition) is 3. The average Bonchev–Trinajstić information content (AvgIpc) is 2.26. The SMILES string of the molecule is CN(C1CNC1)C1CCOc2ccccc21. The van der Waals surface area contributed by atoms with E-state index in [2.05, 4.69) is 35.5 Å². The lowest BCUT2D eigenvalue weighted by molar-refractivity contribution is 0.0951. The lowest BCUT2D eigenvalue weighted by Crippen LogP contribution is -2.57. The minimum atomic E-state index is 0.525. The van der Waals surface area contributed by atoms with E-state index in [0.29, 0.717) is 12.1 Å². The standard InChI is InChI=1S/C13H18N2O/c1-15(10-8-14-9-10)12-6-7-16-13-5-3-2-4-11(12)13/h2-5,10,12,14H,6-9H2,1H3. The number of ether oxygens (including phenoxy) is 1. The molecular weight excluding hydrogens is 200 g/mol. The van der Waals surface area contributed by atoms with E-state index in [1.807, 2.05) is 6.07 Å². The molecule has 2 aliphatic heterocycles. The highest BCUT2D eigenvalue weighted by Gasteiger charge is 2.31. The van der Waals surface area contributed by atoms with E-state index in [0.717, 1.165) is 31.9 Å². The molecule has 0 aliphatic carbocycles. The van der Waals surface area contributed by atoms with Gasteiger partial charge in [0.25, 0.3) is 0 Å². The van der Waals surface area contributed by atoms with Crippen molar-refractivity contribution in [3.8, 4) is 5.75 Å². The van der Waals surface area contributed by atoms with E-state index in [1.54, 1.807) is 0 Å². The molecule has 1 unspecified atom stereocenters. The summed E-state index contributed by atoms with van der Waals surface area (Å²) in [5.41, 5.74) is 1.35. The number of hydrogen-bond donors (Lipinski definition) is 1. The molecule has 0 aromatic heterocycles. The van der Waals surface area contributed by atoms with Crippen LogP contribution < -0.4 is 10.1 Å². The van der Waals surface area contributed by atoms with Gasteiger partial charge in [-0.2, -0.15) is 0 Å². The molecular formula is C13H18N2O. The molecule has 1 saturated heterocycles. The highest BCUT2D eigenvalue weighted by Crippen LogP contribution is 2.36. The van der Waals surface area contributed by atoms with Gasteiger partial charge >= 0.3 is 0 Å². The van der Waals surface area contributed by atoms with Gasteiger partial charge in [-0.25, -0.2) is 0 Å². The Labute approximate surface area is 96.4 Å². The molecule has 0 saturated carbocycles. The lowest BCUT2D eigenvalue weighted by Gasteiger charge is -2.42. The third-order valence-electron chi connectivity index (χ3n) is 3.75. The Morgan fingerprint density at radius 3 is 2.88 bits per heavy atom. The Hall–Kier alpha value is -1.06. The second kappa shape index (κ2) is 4.07. The van der Waals surface area contributed by atoms with Gasteiger partial charge in [0.1, 0.15) is 5.75 Å². The zero-order valence-corrected chi connectivity index (χ0v) is 9.65. The Bertz CT molecular complexity index is 376. The fraction of sp³-hybridized carbons (Fsp3) is 0.538. The van der Waals surface area contributed by atoms with E-state index in [4.69, 9.17) is 4.74 Å². The summed E-state index contributed by atoms with van der Waals surface area (Å²) in [6, 6.07) is 9.64. The topological polar surface area (TPSA) is 24.5 Å². The van der Waals surface area contributed by atoms with Gasteiger partial charge in [0.05, 0.1) is 6.61 Å². The second-order valence-corrected chi connectivity index (χ2v) is 4.67. The number of nitrogens with zero attached hydrogens (tertiary/aromatic N) is 1. The Morgan fingerprint density at radius 1 is 1.31 bits per heavy atom. The molecule has 16 heavy (non-hydrogen) atoms. The largest absolute Gasteiger partial charge is 0.493 e. The smallest absolute Gasteiger partial charge is 0.124 e. The molecule has 3 nitrogen and oxygen atoms in total. The summed E-state index contributed by atoms with van der Waals surface area (Å²) in [7, 11) is 2.23. The zero-order valence-electron chi connectivity index (χ0n) is 9.65. The van der Waals surface area contributed by atoms with Gasteiger partial charge in [-0.1, -0.05) is 18.2 Å². The summed E-state index contributed by atoms with van der Waals surface area (Å²) >= 11 is 0. The van der Waals surface area contributed by atoms with Gasteiger partial charge < -0.3 is 10.1 Å². The molecule has 0 amide bonds. The summed E-state index contributed by atoms with van der Waals surface area (Å²) in [6.07, 6.45) is 1.10. The first-order valence-electron chi connectivity index (χ1n) is 6.00. The van der Waals surface area contributed by atoms with Crippen molar-refractivity contribution < 1.29 is 4.74 Å². The van der Waals surface area contributed by atoms with E-state index in [-0.39, 0.29) is 0 Å². The lowest BCUT2D eigenvalue weighted by atomic mass is 9.97. The molecule has 2 aliphatic rings.